The summed E-state index contributed by atoms with van der Waals surface area (Å²) in [5, 5.41) is 2.70. The molecule has 0 saturated carbocycles. The summed E-state index contributed by atoms with van der Waals surface area (Å²) in [4.78, 5) is 23.4. The Morgan fingerprint density at radius 3 is 2.50 bits per heavy atom. The van der Waals surface area contributed by atoms with Crippen molar-refractivity contribution in [2.24, 2.45) is 0 Å². The Kier molecular flexibility index (Phi) is 7.61. The van der Waals surface area contributed by atoms with Crippen molar-refractivity contribution in [2.75, 3.05) is 20.3 Å². The fraction of sp³-hybridized carbons (Fsp3) is 0.300. The standard InChI is InChI=1S/C20H22FNO4/c1-25-18-5-3-2-4-16(18)12-13-22-19(23)14-26-20(24)11-8-15-6-9-17(21)10-7-15/h2-7,9-10H,8,11-14H2,1H3,(H,22,23). The van der Waals surface area contributed by atoms with Gasteiger partial charge in [-0.1, -0.05) is 30.3 Å². The fourth-order valence-electron chi connectivity index (χ4n) is 2.41. The van der Waals surface area contributed by atoms with Crippen LogP contribution >= 0.6 is 0 Å². The van der Waals surface area contributed by atoms with Crippen LogP contribution in [0.1, 0.15) is 17.5 Å². The van der Waals surface area contributed by atoms with E-state index >= 15 is 0 Å². The molecule has 2 aromatic carbocycles. The van der Waals surface area contributed by atoms with Gasteiger partial charge in [0.25, 0.3) is 5.91 Å². The first-order valence-electron chi connectivity index (χ1n) is 8.37. The van der Waals surface area contributed by atoms with Crippen molar-refractivity contribution in [2.45, 2.75) is 19.3 Å². The van der Waals surface area contributed by atoms with Gasteiger partial charge in [-0.15, -0.1) is 0 Å². The van der Waals surface area contributed by atoms with Crippen molar-refractivity contribution in [3.8, 4) is 5.75 Å². The van der Waals surface area contributed by atoms with E-state index < -0.39 is 5.97 Å². The molecule has 0 unspecified atom stereocenters. The lowest BCUT2D eigenvalue weighted by molar-refractivity contribution is -0.148. The first-order chi connectivity index (χ1) is 12.6. The van der Waals surface area contributed by atoms with E-state index in [1.165, 1.54) is 12.1 Å². The number of nitrogens with one attached hydrogen (secondary N) is 1. The van der Waals surface area contributed by atoms with E-state index in [9.17, 15) is 14.0 Å². The molecule has 138 valence electrons. The van der Waals surface area contributed by atoms with Gasteiger partial charge in [0, 0.05) is 13.0 Å². The van der Waals surface area contributed by atoms with Gasteiger partial charge in [-0.2, -0.15) is 0 Å². The van der Waals surface area contributed by atoms with Crippen molar-refractivity contribution in [1.29, 1.82) is 0 Å². The summed E-state index contributed by atoms with van der Waals surface area (Å²) < 4.78 is 23.0. The molecule has 0 fully saturated rings. The third-order valence-corrected chi connectivity index (χ3v) is 3.80. The predicted molar refractivity (Wildman–Crippen MR) is 95.4 cm³/mol. The molecule has 0 aliphatic carbocycles. The maximum atomic E-state index is 12.8. The Morgan fingerprint density at radius 2 is 1.77 bits per heavy atom. The molecule has 0 bridgehead atoms. The van der Waals surface area contributed by atoms with Crippen LogP contribution in [-0.2, 0) is 27.2 Å². The Labute approximate surface area is 152 Å². The molecule has 0 aliphatic heterocycles. The predicted octanol–water partition coefficient (Wildman–Crippen LogP) is 2.67. The van der Waals surface area contributed by atoms with Gasteiger partial charge in [-0.05, 0) is 42.2 Å². The van der Waals surface area contributed by atoms with E-state index in [1.807, 2.05) is 24.3 Å². The van der Waals surface area contributed by atoms with Crippen molar-refractivity contribution in [1.82, 2.24) is 5.32 Å². The van der Waals surface area contributed by atoms with Crippen LogP contribution in [0.5, 0.6) is 5.75 Å². The van der Waals surface area contributed by atoms with Gasteiger partial charge in [-0.25, -0.2) is 4.39 Å². The maximum absolute atomic E-state index is 12.8. The molecule has 0 saturated heterocycles. The topological polar surface area (TPSA) is 64.6 Å². The molecule has 26 heavy (non-hydrogen) atoms. The Bertz CT molecular complexity index is 731. The van der Waals surface area contributed by atoms with Crippen LogP contribution in [0.4, 0.5) is 4.39 Å². The fourth-order valence-corrected chi connectivity index (χ4v) is 2.41. The number of methoxy groups -OCH3 is 1. The molecule has 0 radical (unpaired) electrons. The molecular weight excluding hydrogens is 337 g/mol. The third-order valence-electron chi connectivity index (χ3n) is 3.80. The molecule has 2 rings (SSSR count). The van der Waals surface area contributed by atoms with Gasteiger partial charge in [0.05, 0.1) is 7.11 Å². The zero-order valence-corrected chi connectivity index (χ0v) is 14.7. The van der Waals surface area contributed by atoms with Gasteiger partial charge in [0.2, 0.25) is 0 Å². The van der Waals surface area contributed by atoms with Crippen molar-refractivity contribution >= 4 is 11.9 Å². The number of benzene rings is 2. The second-order valence-electron chi connectivity index (χ2n) is 5.70. The summed E-state index contributed by atoms with van der Waals surface area (Å²) >= 11 is 0. The molecular formula is C20H22FNO4. The van der Waals surface area contributed by atoms with E-state index in [1.54, 1.807) is 19.2 Å². The molecule has 0 heterocycles. The Hall–Kier alpha value is -2.89. The van der Waals surface area contributed by atoms with Crippen molar-refractivity contribution in [3.05, 3.63) is 65.5 Å². The number of hydrogen-bond donors (Lipinski definition) is 1. The molecule has 0 atom stereocenters. The highest BCUT2D eigenvalue weighted by molar-refractivity contribution is 5.80. The molecule has 6 heteroatoms. The van der Waals surface area contributed by atoms with Crippen LogP contribution in [0, 0.1) is 5.82 Å². The van der Waals surface area contributed by atoms with Gasteiger partial charge < -0.3 is 14.8 Å². The lowest BCUT2D eigenvalue weighted by Gasteiger charge is -2.09. The average molecular weight is 359 g/mol. The molecule has 2 aromatic rings. The number of ether oxygens (including phenoxy) is 2. The maximum Gasteiger partial charge on any atom is 0.306 e. The van der Waals surface area contributed by atoms with Crippen LogP contribution in [-0.4, -0.2) is 32.1 Å². The van der Waals surface area contributed by atoms with E-state index in [0.29, 0.717) is 19.4 Å². The number of esters is 1. The Morgan fingerprint density at radius 1 is 1.04 bits per heavy atom. The number of rotatable bonds is 9. The van der Waals surface area contributed by atoms with Gasteiger partial charge in [0.1, 0.15) is 11.6 Å². The smallest absolute Gasteiger partial charge is 0.306 e. The minimum atomic E-state index is -0.464. The van der Waals surface area contributed by atoms with Gasteiger partial charge in [0.15, 0.2) is 6.61 Å². The second-order valence-corrected chi connectivity index (χ2v) is 5.70. The van der Waals surface area contributed by atoms with E-state index in [4.69, 9.17) is 9.47 Å². The zero-order chi connectivity index (χ0) is 18.8. The minimum absolute atomic E-state index is 0.139. The lowest BCUT2D eigenvalue weighted by atomic mass is 10.1. The first kappa shape index (κ1) is 19.4. The summed E-state index contributed by atoms with van der Waals surface area (Å²) in [6.07, 6.45) is 1.20. The molecule has 1 amide bonds. The van der Waals surface area contributed by atoms with Crippen LogP contribution < -0.4 is 10.1 Å². The van der Waals surface area contributed by atoms with E-state index in [2.05, 4.69) is 5.32 Å². The van der Waals surface area contributed by atoms with Crippen molar-refractivity contribution in [3.63, 3.8) is 0 Å². The largest absolute Gasteiger partial charge is 0.496 e. The highest BCUT2D eigenvalue weighted by Crippen LogP contribution is 2.17. The summed E-state index contributed by atoms with van der Waals surface area (Å²) in [5.74, 6) is -0.362. The van der Waals surface area contributed by atoms with E-state index in [-0.39, 0.29) is 24.8 Å². The number of carbonyl (C=O) groups is 2. The SMILES string of the molecule is COc1ccccc1CCNC(=O)COC(=O)CCc1ccc(F)cc1. The lowest BCUT2D eigenvalue weighted by Crippen LogP contribution is -2.30. The molecule has 0 aliphatic rings. The second kappa shape index (κ2) is 10.2. The summed E-state index contributed by atoms with van der Waals surface area (Å²) in [6, 6.07) is 13.5. The van der Waals surface area contributed by atoms with E-state index in [0.717, 1.165) is 16.9 Å². The van der Waals surface area contributed by atoms with Crippen LogP contribution in [0.15, 0.2) is 48.5 Å². The van der Waals surface area contributed by atoms with Crippen molar-refractivity contribution < 1.29 is 23.5 Å². The monoisotopic (exact) mass is 359 g/mol. The minimum Gasteiger partial charge on any atom is -0.496 e. The Balaban J connectivity index is 1.63. The van der Waals surface area contributed by atoms with Gasteiger partial charge >= 0.3 is 5.97 Å². The number of amides is 1. The number of para-hydroxylation sites is 1. The molecule has 5 nitrogen and oxygen atoms in total. The number of halogens is 1. The normalized spacial score (nSPS) is 10.2. The van der Waals surface area contributed by atoms with Crippen LogP contribution in [0.25, 0.3) is 0 Å². The summed E-state index contributed by atoms with van der Waals surface area (Å²) in [5.41, 5.74) is 1.83. The van der Waals surface area contributed by atoms with Crippen LogP contribution in [0.3, 0.4) is 0 Å². The summed E-state index contributed by atoms with van der Waals surface area (Å²) in [6.45, 7) is 0.112. The number of hydrogen-bond acceptors (Lipinski definition) is 4. The highest BCUT2D eigenvalue weighted by atomic mass is 19.1. The zero-order valence-electron chi connectivity index (χ0n) is 14.7. The first-order valence-corrected chi connectivity index (χ1v) is 8.37. The summed E-state index contributed by atoms with van der Waals surface area (Å²) in [7, 11) is 1.60. The van der Waals surface area contributed by atoms with Crippen LogP contribution in [0.2, 0.25) is 0 Å². The molecule has 1 N–H and O–H groups in total. The average Bonchev–Trinajstić information content (AvgIpc) is 2.66. The van der Waals surface area contributed by atoms with Gasteiger partial charge in [-0.3, -0.25) is 9.59 Å². The molecule has 0 aromatic heterocycles. The quantitative estimate of drug-likeness (QED) is 0.699. The number of carbonyl (C=O) groups excluding carboxylic acids is 2. The number of aryl methyl sites for hydroxylation is 1. The third kappa shape index (κ3) is 6.55. The molecule has 0 spiro atoms. The highest BCUT2D eigenvalue weighted by Gasteiger charge is 2.08.